The minimum Gasteiger partial charge on any atom is -0.228 e. The third-order valence-corrected chi connectivity index (χ3v) is 8.79. The monoisotopic (exact) mass is 596 g/mol. The number of hydrogen-bond donors (Lipinski definition) is 1. The van der Waals surface area contributed by atoms with Gasteiger partial charge in [0.2, 0.25) is 0 Å². The summed E-state index contributed by atoms with van der Waals surface area (Å²) in [4.78, 5) is 11.3. The fraction of sp³-hybridized carbons (Fsp3) is 0.0476. The maximum atomic E-state index is 5.22. The zero-order chi connectivity index (χ0) is 30.9. The molecule has 45 heavy (non-hydrogen) atoms. The number of nitrogens with zero attached hydrogens (tertiary/aromatic N) is 2. The summed E-state index contributed by atoms with van der Waals surface area (Å²) in [7, 11) is 0. The number of fused-ring (bicyclic) bond motifs is 4. The van der Waals surface area contributed by atoms with E-state index in [-0.39, 0.29) is 0 Å². The van der Waals surface area contributed by atoms with Gasteiger partial charge in [-0.2, -0.15) is 0 Å². The molecule has 0 spiro atoms. The van der Waals surface area contributed by atoms with E-state index >= 15 is 0 Å². The Balaban J connectivity index is 1.53. The van der Waals surface area contributed by atoms with Crippen molar-refractivity contribution in [3.8, 4) is 33.9 Å². The molecule has 1 aromatic heterocycles. The van der Waals surface area contributed by atoms with Crippen LogP contribution in [-0.2, 0) is 0 Å². The Morgan fingerprint density at radius 2 is 1.27 bits per heavy atom. The average molecular weight is 597 g/mol. The lowest BCUT2D eigenvalue weighted by Crippen LogP contribution is -1.98. The van der Waals surface area contributed by atoms with E-state index in [9.17, 15) is 0 Å². The molecule has 7 aromatic rings. The van der Waals surface area contributed by atoms with Crippen molar-refractivity contribution in [2.75, 3.05) is 0 Å². The normalized spacial score (nSPS) is 11.8. The fourth-order valence-corrected chi connectivity index (χ4v) is 6.39. The molecular formula is C42H32N2S. The van der Waals surface area contributed by atoms with Crippen LogP contribution in [0.1, 0.15) is 25.0 Å². The van der Waals surface area contributed by atoms with E-state index in [2.05, 4.69) is 134 Å². The zero-order valence-corrected chi connectivity index (χ0v) is 26.2. The second-order valence-electron chi connectivity index (χ2n) is 11.3. The van der Waals surface area contributed by atoms with E-state index in [1.54, 1.807) is 0 Å². The fourth-order valence-electron chi connectivity index (χ4n) is 6.01. The summed E-state index contributed by atoms with van der Waals surface area (Å²) in [6.45, 7) is 8.15. The Hall–Kier alpha value is -5.25. The molecule has 3 heteroatoms. The summed E-state index contributed by atoms with van der Waals surface area (Å²) in [5.74, 6) is 0.667. The molecule has 0 saturated heterocycles. The number of aromatic nitrogens is 2. The number of hydrogen-bond acceptors (Lipinski definition) is 3. The average Bonchev–Trinajstić information content (AvgIpc) is 3.09. The second kappa shape index (κ2) is 12.0. The quantitative estimate of drug-likeness (QED) is 0.117. The van der Waals surface area contributed by atoms with Gasteiger partial charge in [0.25, 0.3) is 0 Å². The number of rotatable bonds is 6. The molecule has 0 saturated carbocycles. The van der Waals surface area contributed by atoms with Crippen molar-refractivity contribution in [3.63, 3.8) is 0 Å². The maximum Gasteiger partial charge on any atom is 0.160 e. The van der Waals surface area contributed by atoms with Gasteiger partial charge in [-0.3, -0.25) is 0 Å². The van der Waals surface area contributed by atoms with E-state index in [0.717, 1.165) is 65.8 Å². The summed E-state index contributed by atoms with van der Waals surface area (Å²) in [6.07, 6.45) is 8.30. The highest BCUT2D eigenvalue weighted by Crippen LogP contribution is 2.39. The van der Waals surface area contributed by atoms with Crippen molar-refractivity contribution in [1.82, 2.24) is 9.97 Å². The lowest BCUT2D eigenvalue weighted by Gasteiger charge is -2.16. The van der Waals surface area contributed by atoms with Gasteiger partial charge >= 0.3 is 0 Å². The molecule has 0 radical (unpaired) electrons. The van der Waals surface area contributed by atoms with Crippen LogP contribution in [0, 0.1) is 0 Å². The smallest absolute Gasteiger partial charge is 0.160 e. The van der Waals surface area contributed by atoms with Gasteiger partial charge in [0.1, 0.15) is 0 Å². The first-order valence-corrected chi connectivity index (χ1v) is 15.6. The molecule has 0 aliphatic carbocycles. The molecule has 0 N–H and O–H groups in total. The van der Waals surface area contributed by atoms with E-state index < -0.39 is 0 Å². The largest absolute Gasteiger partial charge is 0.228 e. The summed E-state index contributed by atoms with van der Waals surface area (Å²) in [5, 5.41) is 7.00. The van der Waals surface area contributed by atoms with Crippen LogP contribution in [0.5, 0.6) is 0 Å². The molecule has 7 rings (SSSR count). The third-order valence-electron chi connectivity index (χ3n) is 8.31. The molecule has 0 aliphatic heterocycles. The zero-order valence-electron chi connectivity index (χ0n) is 25.3. The number of thiol groups is 1. The van der Waals surface area contributed by atoms with Crippen molar-refractivity contribution >= 4 is 56.6 Å². The third kappa shape index (κ3) is 5.37. The SMILES string of the molecule is C=C(C)c1ccc(-c2nc(-c3cc(/C=C\C=C/C)c4ccccc4c3S)cc(-c3cc4ccccc4c4ccccc34)n2)cc1. The first kappa shape index (κ1) is 28.5. The van der Waals surface area contributed by atoms with Crippen LogP contribution in [0.3, 0.4) is 0 Å². The van der Waals surface area contributed by atoms with Crippen molar-refractivity contribution in [1.29, 1.82) is 0 Å². The maximum absolute atomic E-state index is 5.22. The van der Waals surface area contributed by atoms with Crippen LogP contribution in [0.2, 0.25) is 0 Å². The highest BCUT2D eigenvalue weighted by atomic mass is 32.1. The Morgan fingerprint density at radius 1 is 0.644 bits per heavy atom. The van der Waals surface area contributed by atoms with Gasteiger partial charge in [-0.1, -0.05) is 134 Å². The molecule has 2 nitrogen and oxygen atoms in total. The minimum absolute atomic E-state index is 0.667. The van der Waals surface area contributed by atoms with E-state index in [4.69, 9.17) is 22.6 Å². The Morgan fingerprint density at radius 3 is 1.98 bits per heavy atom. The van der Waals surface area contributed by atoms with E-state index in [1.165, 1.54) is 16.2 Å². The summed E-state index contributed by atoms with van der Waals surface area (Å²) in [5.41, 5.74) is 7.91. The van der Waals surface area contributed by atoms with Gasteiger partial charge in [-0.05, 0) is 75.5 Å². The first-order valence-electron chi connectivity index (χ1n) is 15.1. The Kier molecular flexibility index (Phi) is 7.62. The molecule has 0 amide bonds. The van der Waals surface area contributed by atoms with Crippen LogP contribution in [0.25, 0.3) is 77.9 Å². The lowest BCUT2D eigenvalue weighted by molar-refractivity contribution is 1.18. The summed E-state index contributed by atoms with van der Waals surface area (Å²) >= 11 is 5.11. The molecule has 0 fully saturated rings. The van der Waals surface area contributed by atoms with Gasteiger partial charge in [-0.15, -0.1) is 12.6 Å². The highest BCUT2D eigenvalue weighted by Gasteiger charge is 2.17. The summed E-state index contributed by atoms with van der Waals surface area (Å²) < 4.78 is 0. The predicted octanol–water partition coefficient (Wildman–Crippen LogP) is 11.8. The standard InChI is InChI=1S/C42H32N2S/c1-4-5-6-13-31-25-38(41(45)36-19-12-9-16-33(31)36)40-26-39(43-42(44-40)29-22-20-28(21-23-29)27(2)3)37-24-30-14-7-8-15-32(30)34-17-10-11-18-35(34)37/h4-26,45H,2H2,1,3H3/b5-4-,13-6-. The first-order chi connectivity index (χ1) is 22.0. The Labute approximate surface area is 269 Å². The van der Waals surface area contributed by atoms with E-state index in [0.29, 0.717) is 5.82 Å². The molecule has 0 bridgehead atoms. The van der Waals surface area contributed by atoms with Gasteiger partial charge in [0.15, 0.2) is 5.82 Å². The highest BCUT2D eigenvalue weighted by molar-refractivity contribution is 7.80. The Bertz CT molecular complexity index is 2310. The van der Waals surface area contributed by atoms with Gasteiger partial charge in [0.05, 0.1) is 11.4 Å². The van der Waals surface area contributed by atoms with E-state index in [1.807, 2.05) is 26.0 Å². The topological polar surface area (TPSA) is 25.8 Å². The second-order valence-corrected chi connectivity index (χ2v) is 11.8. The summed E-state index contributed by atoms with van der Waals surface area (Å²) in [6, 6.07) is 40.4. The molecule has 6 aromatic carbocycles. The van der Waals surface area contributed by atoms with Crippen molar-refractivity contribution in [2.45, 2.75) is 18.7 Å². The van der Waals surface area contributed by atoms with Crippen LogP contribution >= 0.6 is 12.6 Å². The van der Waals surface area contributed by atoms with Crippen LogP contribution in [-0.4, -0.2) is 9.97 Å². The predicted molar refractivity (Wildman–Crippen MR) is 197 cm³/mol. The number of allylic oxidation sites excluding steroid dienone is 4. The molecule has 1 heterocycles. The van der Waals surface area contributed by atoms with Crippen molar-refractivity contribution in [3.05, 3.63) is 151 Å². The molecule has 0 aliphatic rings. The van der Waals surface area contributed by atoms with Gasteiger partial charge in [0, 0.05) is 21.6 Å². The molecule has 0 unspecified atom stereocenters. The molecular weight excluding hydrogens is 565 g/mol. The number of benzene rings is 6. The van der Waals surface area contributed by atoms with Crippen LogP contribution in [0.15, 0.2) is 145 Å². The van der Waals surface area contributed by atoms with Crippen molar-refractivity contribution in [2.24, 2.45) is 0 Å². The van der Waals surface area contributed by atoms with Gasteiger partial charge < -0.3 is 0 Å². The van der Waals surface area contributed by atoms with Gasteiger partial charge in [-0.25, -0.2) is 9.97 Å². The molecule has 0 atom stereocenters. The molecule has 216 valence electrons. The lowest BCUT2D eigenvalue weighted by atomic mass is 9.94. The van der Waals surface area contributed by atoms with Crippen LogP contribution < -0.4 is 0 Å². The van der Waals surface area contributed by atoms with Crippen LogP contribution in [0.4, 0.5) is 0 Å². The minimum atomic E-state index is 0.667. The van der Waals surface area contributed by atoms with Crippen molar-refractivity contribution < 1.29 is 0 Å².